The Morgan fingerprint density at radius 2 is 1.76 bits per heavy atom. The monoisotopic (exact) mass is 610 g/mol. The molecule has 42 heavy (non-hydrogen) atoms. The predicted molar refractivity (Wildman–Crippen MR) is 169 cm³/mol. The van der Waals surface area contributed by atoms with E-state index in [0.717, 1.165) is 5.56 Å². The van der Waals surface area contributed by atoms with Crippen LogP contribution in [-0.2, 0) is 26.0 Å². The van der Waals surface area contributed by atoms with Gasteiger partial charge in [0.25, 0.3) is 5.91 Å². The molecule has 1 heterocycles. The second kappa shape index (κ2) is 13.4. The van der Waals surface area contributed by atoms with Crippen molar-refractivity contribution in [2.45, 2.75) is 26.2 Å². The largest absolute Gasteiger partial charge is 0.481 e. The number of aryl methyl sites for hydroxylation is 1. The van der Waals surface area contributed by atoms with Gasteiger partial charge in [0.05, 0.1) is 28.4 Å². The van der Waals surface area contributed by atoms with Gasteiger partial charge in [-0.3, -0.25) is 13.9 Å². The number of nitrogens with zero attached hydrogens (tertiary/aromatic N) is 2. The molecule has 0 unspecified atom stereocenters. The van der Waals surface area contributed by atoms with Gasteiger partial charge in [-0.15, -0.1) is 0 Å². The molecule has 9 nitrogen and oxygen atoms in total. The summed E-state index contributed by atoms with van der Waals surface area (Å²) in [6.45, 7) is 2.72. The van der Waals surface area contributed by atoms with E-state index < -0.39 is 16.0 Å². The van der Waals surface area contributed by atoms with Crippen LogP contribution in [0.5, 0.6) is 0 Å². The van der Waals surface area contributed by atoms with Crippen molar-refractivity contribution in [3.8, 4) is 0 Å². The summed E-state index contributed by atoms with van der Waals surface area (Å²) in [4.78, 5) is 26.4. The van der Waals surface area contributed by atoms with Gasteiger partial charge in [-0.1, -0.05) is 42.8 Å². The van der Waals surface area contributed by atoms with E-state index in [1.54, 1.807) is 42.5 Å². The van der Waals surface area contributed by atoms with Crippen LogP contribution < -0.4 is 14.9 Å². The second-order valence-corrected chi connectivity index (χ2v) is 12.8. The van der Waals surface area contributed by atoms with Crippen molar-refractivity contribution in [2.24, 2.45) is 0 Å². The van der Waals surface area contributed by atoms with E-state index in [9.17, 15) is 18.0 Å². The Hall–Kier alpha value is -3.86. The number of rotatable bonds is 13. The fraction of sp³-hybridized carbons (Fsp3) is 0.290. The highest BCUT2D eigenvalue weighted by atomic mass is 35.5. The van der Waals surface area contributed by atoms with Crippen LogP contribution in [0.25, 0.3) is 11.3 Å². The molecular weight excluding hydrogens is 576 g/mol. The molecule has 0 bridgehead atoms. The molecule has 0 aromatic heterocycles. The lowest BCUT2D eigenvalue weighted by Crippen LogP contribution is -2.38. The van der Waals surface area contributed by atoms with E-state index in [1.165, 1.54) is 4.31 Å². The summed E-state index contributed by atoms with van der Waals surface area (Å²) in [6, 6.07) is 19.7. The maximum Gasteiger partial charge on any atom is 0.303 e. The molecule has 0 saturated carbocycles. The minimum atomic E-state index is -3.50. The maximum atomic E-state index is 13.3. The zero-order chi connectivity index (χ0) is 30.4. The fourth-order valence-electron chi connectivity index (χ4n) is 4.75. The number of aliphatic carboxylic acids is 1. The van der Waals surface area contributed by atoms with Crippen LogP contribution in [0.1, 0.15) is 36.5 Å². The van der Waals surface area contributed by atoms with Crippen molar-refractivity contribution >= 4 is 61.8 Å². The van der Waals surface area contributed by atoms with Gasteiger partial charge in [0.15, 0.2) is 0 Å². The van der Waals surface area contributed by atoms with Gasteiger partial charge in [0.1, 0.15) is 0 Å². The highest BCUT2D eigenvalue weighted by Gasteiger charge is 2.29. The van der Waals surface area contributed by atoms with Crippen LogP contribution >= 0.6 is 11.6 Å². The minimum Gasteiger partial charge on any atom is -0.481 e. The fourth-order valence-corrected chi connectivity index (χ4v) is 6.46. The van der Waals surface area contributed by atoms with Crippen molar-refractivity contribution in [3.63, 3.8) is 0 Å². The first kappa shape index (κ1) is 31.1. The number of hydrogen-bond donors (Lipinski definition) is 3. The van der Waals surface area contributed by atoms with Crippen molar-refractivity contribution < 1.29 is 23.1 Å². The molecule has 0 spiro atoms. The molecule has 0 saturated heterocycles. The normalized spacial score (nSPS) is 14.0. The van der Waals surface area contributed by atoms with Crippen molar-refractivity contribution in [3.05, 3.63) is 88.4 Å². The summed E-state index contributed by atoms with van der Waals surface area (Å²) >= 11 is 6.18. The van der Waals surface area contributed by atoms with Crippen LogP contribution in [-0.4, -0.2) is 63.2 Å². The number of sulfonamides is 1. The molecule has 3 N–H and O–H groups in total. The third kappa shape index (κ3) is 7.50. The van der Waals surface area contributed by atoms with Gasteiger partial charge in [0, 0.05) is 35.8 Å². The third-order valence-electron chi connectivity index (χ3n) is 6.79. The lowest BCUT2D eigenvalue weighted by Gasteiger charge is -2.26. The maximum absolute atomic E-state index is 13.3. The molecule has 3 aromatic carbocycles. The molecule has 0 fully saturated rings. The van der Waals surface area contributed by atoms with E-state index >= 15 is 0 Å². The zero-order valence-electron chi connectivity index (χ0n) is 23.9. The van der Waals surface area contributed by atoms with Crippen molar-refractivity contribution in [1.82, 2.24) is 4.90 Å². The average Bonchev–Trinajstić information content (AvgIpc) is 3.25. The van der Waals surface area contributed by atoms with Gasteiger partial charge in [-0.2, -0.15) is 0 Å². The predicted octanol–water partition coefficient (Wildman–Crippen LogP) is 5.40. The Labute approximate surface area is 251 Å². The van der Waals surface area contributed by atoms with E-state index in [4.69, 9.17) is 16.7 Å². The molecule has 11 heteroatoms. The minimum absolute atomic E-state index is 0.0165. The van der Waals surface area contributed by atoms with E-state index in [1.807, 2.05) is 50.2 Å². The topological polar surface area (TPSA) is 119 Å². The first-order valence-corrected chi connectivity index (χ1v) is 15.7. The molecule has 1 aliphatic rings. The number of carbonyl (C=O) groups is 2. The molecule has 0 aliphatic carbocycles. The van der Waals surface area contributed by atoms with Gasteiger partial charge >= 0.3 is 5.97 Å². The number of anilines is 3. The Bertz CT molecular complexity index is 1600. The van der Waals surface area contributed by atoms with Gasteiger partial charge < -0.3 is 20.6 Å². The van der Waals surface area contributed by atoms with Crippen LogP contribution in [0.15, 0.2) is 66.7 Å². The summed E-state index contributed by atoms with van der Waals surface area (Å²) in [7, 11) is 0.292. The van der Waals surface area contributed by atoms with Crippen LogP contribution in [0.4, 0.5) is 17.1 Å². The first-order valence-electron chi connectivity index (χ1n) is 13.7. The van der Waals surface area contributed by atoms with Crippen LogP contribution in [0.3, 0.4) is 0 Å². The number of likely N-dealkylation sites (N-methyl/N-ethyl adjacent to an activating group) is 1. The Morgan fingerprint density at radius 3 is 2.43 bits per heavy atom. The summed E-state index contributed by atoms with van der Waals surface area (Å²) < 4.78 is 27.6. The number of carboxylic acids is 1. The number of carbonyl (C=O) groups excluding carboxylic acids is 1. The first-order chi connectivity index (χ1) is 20.0. The average molecular weight is 611 g/mol. The molecule has 0 atom stereocenters. The number of halogens is 1. The number of nitrogens with one attached hydrogen (secondary N) is 2. The summed E-state index contributed by atoms with van der Waals surface area (Å²) in [5.74, 6) is -1.14. The standard InChI is InChI=1S/C31H35ClN4O5S/c1-4-18-42(40,41)36(17-16-35(2)3)25-12-10-24(11-13-25)33-30(22-7-5-6-21(19-22)8-15-28(37)38)29-26-14-9-23(32)20-27(26)34-31(29)39/h5-7,9-14,19-20,33H,4,8,15-18H2,1-3H3,(H,34,39)(H,37,38). The Morgan fingerprint density at radius 1 is 1.02 bits per heavy atom. The number of benzene rings is 3. The van der Waals surface area contributed by atoms with Crippen molar-refractivity contribution in [1.29, 1.82) is 0 Å². The summed E-state index contributed by atoms with van der Waals surface area (Å²) in [6.07, 6.45) is 0.836. The molecule has 1 amide bonds. The Kier molecular flexibility index (Phi) is 9.93. The van der Waals surface area contributed by atoms with Crippen LogP contribution in [0, 0.1) is 0 Å². The number of hydrogen-bond acceptors (Lipinski definition) is 6. The quantitative estimate of drug-likeness (QED) is 0.222. The van der Waals surface area contributed by atoms with Gasteiger partial charge in [0.2, 0.25) is 10.0 Å². The molecule has 4 rings (SSSR count). The highest BCUT2D eigenvalue weighted by molar-refractivity contribution is 7.92. The SMILES string of the molecule is CCCS(=O)(=O)N(CCN(C)C)c1ccc(NC(=C2C(=O)Nc3cc(Cl)ccc32)c2cccc(CCC(=O)O)c2)cc1. The van der Waals surface area contributed by atoms with E-state index in [2.05, 4.69) is 10.6 Å². The zero-order valence-corrected chi connectivity index (χ0v) is 25.4. The van der Waals surface area contributed by atoms with Gasteiger partial charge in [-0.05, 0) is 80.5 Å². The summed E-state index contributed by atoms with van der Waals surface area (Å²) in [5.41, 5.74) is 4.94. The number of fused-ring (bicyclic) bond motifs is 1. The lowest BCUT2D eigenvalue weighted by atomic mass is 9.97. The second-order valence-electron chi connectivity index (χ2n) is 10.4. The molecule has 3 aromatic rings. The molecular formula is C31H35ClN4O5S. The third-order valence-corrected chi connectivity index (χ3v) is 9.02. The smallest absolute Gasteiger partial charge is 0.303 e. The summed E-state index contributed by atoms with van der Waals surface area (Å²) in [5, 5.41) is 15.9. The van der Waals surface area contributed by atoms with Gasteiger partial charge in [-0.25, -0.2) is 8.42 Å². The highest BCUT2D eigenvalue weighted by Crippen LogP contribution is 2.39. The van der Waals surface area contributed by atoms with Crippen molar-refractivity contribution in [2.75, 3.05) is 47.9 Å². The molecule has 0 radical (unpaired) electrons. The molecule has 222 valence electrons. The van der Waals surface area contributed by atoms with Crippen LogP contribution in [0.2, 0.25) is 5.02 Å². The van der Waals surface area contributed by atoms with E-state index in [0.29, 0.717) is 70.4 Å². The Balaban J connectivity index is 1.75. The molecule has 1 aliphatic heterocycles. The lowest BCUT2D eigenvalue weighted by molar-refractivity contribution is -0.137. The number of amides is 1. The number of carboxylic acid groups (broad SMARTS) is 1. The van der Waals surface area contributed by atoms with E-state index in [-0.39, 0.29) is 18.1 Å².